The van der Waals surface area contributed by atoms with E-state index in [1.165, 1.54) is 122 Å². The number of unbranched alkanes of at least 4 members (excludes halogenated alkanes) is 15. The predicted molar refractivity (Wildman–Crippen MR) is 158 cm³/mol. The molecule has 0 saturated heterocycles. The van der Waals surface area contributed by atoms with Crippen LogP contribution in [0.1, 0.15) is 135 Å². The van der Waals surface area contributed by atoms with Gasteiger partial charge in [-0.15, -0.1) is 0 Å². The molecule has 5 nitrogen and oxygen atoms in total. The van der Waals surface area contributed by atoms with Gasteiger partial charge in [-0.3, -0.25) is 0 Å². The van der Waals surface area contributed by atoms with E-state index >= 15 is 0 Å². The van der Waals surface area contributed by atoms with E-state index in [1.54, 1.807) is 0 Å². The molecule has 0 saturated carbocycles. The first-order valence-electron chi connectivity index (χ1n) is 15.8. The summed E-state index contributed by atoms with van der Waals surface area (Å²) < 4.78 is 0. The molecule has 0 aromatic rings. The lowest BCUT2D eigenvalue weighted by atomic mass is 10.0. The molecule has 0 rings (SSSR count). The number of rotatable bonds is 30. The Kier molecular flexibility index (Phi) is 29.9. The molecule has 0 unspecified atom stereocenters. The Labute approximate surface area is 221 Å². The molecule has 0 aliphatic carbocycles. The van der Waals surface area contributed by atoms with E-state index in [1.807, 2.05) is 0 Å². The van der Waals surface area contributed by atoms with E-state index in [0.717, 1.165) is 65.1 Å². The van der Waals surface area contributed by atoms with Crippen molar-refractivity contribution < 1.29 is 0 Å². The van der Waals surface area contributed by atoms with Crippen LogP contribution >= 0.6 is 0 Å². The summed E-state index contributed by atoms with van der Waals surface area (Å²) in [6, 6.07) is 0. The minimum atomic E-state index is 0.779. The lowest BCUT2D eigenvalue weighted by molar-refractivity contribution is 0.220. The van der Waals surface area contributed by atoms with Crippen molar-refractivity contribution in [2.75, 3.05) is 58.9 Å². The van der Waals surface area contributed by atoms with Crippen molar-refractivity contribution in [3.63, 3.8) is 0 Å². The second-order valence-electron chi connectivity index (χ2n) is 10.8. The summed E-state index contributed by atoms with van der Waals surface area (Å²) in [4.78, 5) is 5.20. The Morgan fingerprint density at radius 2 is 0.571 bits per heavy atom. The van der Waals surface area contributed by atoms with E-state index in [2.05, 4.69) is 16.7 Å². The fraction of sp³-hybridized carbons (Fsp3) is 1.00. The summed E-state index contributed by atoms with van der Waals surface area (Å²) in [5.41, 5.74) is 17.2. The minimum Gasteiger partial charge on any atom is -0.330 e. The Morgan fingerprint density at radius 1 is 0.314 bits per heavy atom. The van der Waals surface area contributed by atoms with Gasteiger partial charge in [0.1, 0.15) is 0 Å². The van der Waals surface area contributed by atoms with Crippen LogP contribution in [0, 0.1) is 0 Å². The monoisotopic (exact) mass is 498 g/mol. The fourth-order valence-electron chi connectivity index (χ4n) is 5.02. The maximum atomic E-state index is 5.80. The molecule has 0 aromatic heterocycles. The second-order valence-corrected chi connectivity index (χ2v) is 10.8. The highest BCUT2D eigenvalue weighted by Crippen LogP contribution is 2.14. The van der Waals surface area contributed by atoms with Gasteiger partial charge in [0, 0.05) is 0 Å². The van der Waals surface area contributed by atoms with Crippen LogP contribution in [-0.4, -0.2) is 68.7 Å². The lowest BCUT2D eigenvalue weighted by Crippen LogP contribution is -2.34. The van der Waals surface area contributed by atoms with Crippen molar-refractivity contribution >= 4 is 0 Å². The summed E-state index contributed by atoms with van der Waals surface area (Å²) in [7, 11) is 0. The fourth-order valence-corrected chi connectivity index (χ4v) is 5.02. The molecule has 0 heterocycles. The van der Waals surface area contributed by atoms with Crippen molar-refractivity contribution in [1.82, 2.24) is 9.80 Å². The molecule has 0 aliphatic heterocycles. The Hall–Kier alpha value is -0.200. The van der Waals surface area contributed by atoms with Gasteiger partial charge in [-0.2, -0.15) is 0 Å². The van der Waals surface area contributed by atoms with Gasteiger partial charge in [0.25, 0.3) is 0 Å². The zero-order valence-electron chi connectivity index (χ0n) is 24.1. The van der Waals surface area contributed by atoms with Crippen molar-refractivity contribution in [1.29, 1.82) is 0 Å². The van der Waals surface area contributed by atoms with Crippen molar-refractivity contribution in [2.24, 2.45) is 17.2 Å². The predicted octanol–water partition coefficient (Wildman–Crippen LogP) is 6.29. The topological polar surface area (TPSA) is 84.5 Å². The van der Waals surface area contributed by atoms with Gasteiger partial charge in [0.15, 0.2) is 0 Å². The number of nitrogens with two attached hydrogens (primary N) is 3. The molecule has 35 heavy (non-hydrogen) atoms. The summed E-state index contributed by atoms with van der Waals surface area (Å²) in [5, 5.41) is 0. The van der Waals surface area contributed by atoms with Crippen LogP contribution in [0.3, 0.4) is 0 Å². The SMILES string of the molecule is CCCCCCCCCCCCCCCCCCN(CCCN)CCCN(CCCN)CCCN. The first-order chi connectivity index (χ1) is 17.3. The number of hydrogen-bond donors (Lipinski definition) is 3. The van der Waals surface area contributed by atoms with Gasteiger partial charge in [0.2, 0.25) is 0 Å². The van der Waals surface area contributed by atoms with E-state index in [9.17, 15) is 0 Å². The molecule has 5 heteroatoms. The molecule has 212 valence electrons. The highest BCUT2D eigenvalue weighted by Gasteiger charge is 2.08. The molecule has 0 fully saturated rings. The number of nitrogens with zero attached hydrogens (tertiary/aromatic N) is 2. The van der Waals surface area contributed by atoms with Crippen LogP contribution in [-0.2, 0) is 0 Å². The normalized spacial score (nSPS) is 11.8. The molecule has 0 aliphatic rings. The van der Waals surface area contributed by atoms with E-state index in [-0.39, 0.29) is 0 Å². The third-order valence-electron chi connectivity index (χ3n) is 7.31. The molecule has 0 spiro atoms. The van der Waals surface area contributed by atoms with Crippen LogP contribution in [0.2, 0.25) is 0 Å². The second kappa shape index (κ2) is 30.0. The minimum absolute atomic E-state index is 0.779. The molecule has 0 bridgehead atoms. The molecule has 0 aromatic carbocycles. The van der Waals surface area contributed by atoms with E-state index < -0.39 is 0 Å². The average molecular weight is 498 g/mol. The van der Waals surface area contributed by atoms with Crippen molar-refractivity contribution in [3.05, 3.63) is 0 Å². The molecule has 0 amide bonds. The molecular formula is C30H67N5. The highest BCUT2D eigenvalue weighted by atomic mass is 15.1. The van der Waals surface area contributed by atoms with E-state index in [4.69, 9.17) is 17.2 Å². The summed E-state index contributed by atoms with van der Waals surface area (Å²) in [6.45, 7) is 11.6. The van der Waals surface area contributed by atoms with Crippen molar-refractivity contribution in [2.45, 2.75) is 135 Å². The molecule has 0 atom stereocenters. The van der Waals surface area contributed by atoms with Crippen LogP contribution in [0.25, 0.3) is 0 Å². The Morgan fingerprint density at radius 3 is 0.886 bits per heavy atom. The zero-order chi connectivity index (χ0) is 25.7. The van der Waals surface area contributed by atoms with Crippen LogP contribution in [0.15, 0.2) is 0 Å². The van der Waals surface area contributed by atoms with Crippen LogP contribution < -0.4 is 17.2 Å². The van der Waals surface area contributed by atoms with Gasteiger partial charge in [-0.25, -0.2) is 0 Å². The summed E-state index contributed by atoms with van der Waals surface area (Å²) in [6.07, 6.45) is 27.4. The van der Waals surface area contributed by atoms with Gasteiger partial charge >= 0.3 is 0 Å². The van der Waals surface area contributed by atoms with Gasteiger partial charge in [-0.05, 0) is 91.0 Å². The van der Waals surface area contributed by atoms with Gasteiger partial charge in [0.05, 0.1) is 0 Å². The highest BCUT2D eigenvalue weighted by molar-refractivity contribution is 4.64. The quantitative estimate of drug-likeness (QED) is 0.102. The maximum Gasteiger partial charge on any atom is -0.000653 e. The number of hydrogen-bond acceptors (Lipinski definition) is 5. The molecule has 0 radical (unpaired) electrons. The van der Waals surface area contributed by atoms with Crippen LogP contribution in [0.5, 0.6) is 0 Å². The van der Waals surface area contributed by atoms with Gasteiger partial charge in [-0.1, -0.05) is 103 Å². The summed E-state index contributed by atoms with van der Waals surface area (Å²) in [5.74, 6) is 0. The first kappa shape index (κ1) is 34.8. The van der Waals surface area contributed by atoms with Crippen LogP contribution in [0.4, 0.5) is 0 Å². The van der Waals surface area contributed by atoms with E-state index in [0.29, 0.717) is 0 Å². The maximum absolute atomic E-state index is 5.80. The Bertz CT molecular complexity index is 372. The standard InChI is InChI=1S/C30H67N5/c1-2-3-4-5-6-7-8-9-10-11-12-13-14-15-16-17-25-34(26-18-22-31)29-21-30-35(27-19-23-32)28-20-24-33/h2-33H2,1H3. The smallest absolute Gasteiger partial charge is 0.000653 e. The third kappa shape index (κ3) is 26.7. The Balaban J connectivity index is 3.69. The van der Waals surface area contributed by atoms with Crippen molar-refractivity contribution in [3.8, 4) is 0 Å². The van der Waals surface area contributed by atoms with Gasteiger partial charge < -0.3 is 27.0 Å². The third-order valence-corrected chi connectivity index (χ3v) is 7.31. The summed E-state index contributed by atoms with van der Waals surface area (Å²) >= 11 is 0. The largest absolute Gasteiger partial charge is 0.330 e. The lowest BCUT2D eigenvalue weighted by Gasteiger charge is -2.26. The first-order valence-corrected chi connectivity index (χ1v) is 15.8. The molecular weight excluding hydrogens is 430 g/mol. The molecule has 6 N–H and O–H groups in total. The average Bonchev–Trinajstić information content (AvgIpc) is 2.87. The zero-order valence-corrected chi connectivity index (χ0v) is 24.1.